The van der Waals surface area contributed by atoms with Gasteiger partial charge in [0.1, 0.15) is 0 Å². The molecule has 1 atom stereocenters. The molecular weight excluding hydrogens is 344 g/mol. The zero-order chi connectivity index (χ0) is 17.3. The predicted octanol–water partition coefficient (Wildman–Crippen LogP) is 3.71. The Balaban J connectivity index is 3.74. The molecule has 0 amide bonds. The predicted molar refractivity (Wildman–Crippen MR) is 37.3 cm³/mol. The maximum Gasteiger partial charge on any atom is 0.463 e. The Morgan fingerprint density at radius 1 is 0.714 bits per heavy atom. The van der Waals surface area contributed by atoms with Crippen LogP contribution in [0.1, 0.15) is 0 Å². The Morgan fingerprint density at radius 3 is 1.19 bits per heavy atom. The van der Waals surface area contributed by atoms with Crippen LogP contribution in [-0.2, 0) is 0 Å². The lowest BCUT2D eigenvalue weighted by Crippen LogP contribution is -2.65. The van der Waals surface area contributed by atoms with Crippen LogP contribution in [0.5, 0.6) is 0 Å². The Hall–Kier alpha value is -1.28. The lowest BCUT2D eigenvalue weighted by molar-refractivity contribution is -0.391. The van der Waals surface area contributed by atoms with Gasteiger partial charge in [-0.05, 0) is 5.18 Å². The van der Waals surface area contributed by atoms with Crippen molar-refractivity contribution in [3.8, 4) is 0 Å². The van der Waals surface area contributed by atoms with E-state index >= 15 is 0 Å². The van der Waals surface area contributed by atoms with Crippen molar-refractivity contribution in [2.75, 3.05) is 0 Å². The third-order valence-corrected chi connectivity index (χ3v) is 2.49. The van der Waals surface area contributed by atoms with Crippen molar-refractivity contribution in [1.29, 1.82) is 0 Å². The number of hydrogen-bond acceptors (Lipinski definition) is 3. The number of likely N-dealkylation sites (tertiary alicyclic amines) is 1. The van der Waals surface area contributed by atoms with Crippen molar-refractivity contribution >= 4 is 0 Å². The largest absolute Gasteiger partial charge is 0.463 e. The third kappa shape index (κ3) is 1.69. The second-order valence-electron chi connectivity index (χ2n) is 3.74. The maximum absolute atomic E-state index is 13.1. The Kier molecular flexibility index (Phi) is 3.32. The lowest BCUT2D eigenvalue weighted by atomic mass is 10.2. The number of hydrogen-bond donors (Lipinski definition) is 0. The first-order valence-corrected chi connectivity index (χ1v) is 4.34. The van der Waals surface area contributed by atoms with Crippen molar-refractivity contribution in [3.05, 3.63) is 4.91 Å². The molecule has 124 valence electrons. The van der Waals surface area contributed by atoms with E-state index in [2.05, 4.69) is 0 Å². The van der Waals surface area contributed by atoms with Gasteiger partial charge in [0.15, 0.2) is 0 Å². The van der Waals surface area contributed by atoms with E-state index in [1.807, 2.05) is 0 Å². The Labute approximate surface area is 105 Å². The SMILES string of the molecule is O=NC(F)(N1C(F)(F)C(F)(F)C(F)(F)C1(F)F)C(F)(F)F. The van der Waals surface area contributed by atoms with Gasteiger partial charge < -0.3 is 0 Å². The molecule has 1 heterocycles. The molecule has 0 saturated carbocycles. The second kappa shape index (κ2) is 3.92. The summed E-state index contributed by atoms with van der Waals surface area (Å²) < 4.78 is 151. The van der Waals surface area contributed by atoms with Gasteiger partial charge >= 0.3 is 36.0 Å². The van der Waals surface area contributed by atoms with E-state index in [-0.39, 0.29) is 5.18 Å². The Bertz CT molecular complexity index is 431. The number of nitroso groups, excluding NO2 is 1. The van der Waals surface area contributed by atoms with Gasteiger partial charge in [-0.2, -0.15) is 52.7 Å². The number of halogens is 12. The minimum Gasteiger partial charge on any atom is -0.191 e. The van der Waals surface area contributed by atoms with Gasteiger partial charge in [-0.15, -0.1) is 9.81 Å². The highest BCUT2D eigenvalue weighted by Gasteiger charge is 2.98. The first-order chi connectivity index (χ1) is 8.93. The highest BCUT2D eigenvalue weighted by Crippen LogP contribution is 2.66. The first kappa shape index (κ1) is 17.8. The molecule has 1 rings (SSSR count). The fraction of sp³-hybridized carbons (Fsp3) is 1.00. The fourth-order valence-corrected chi connectivity index (χ4v) is 1.43. The van der Waals surface area contributed by atoms with Crippen LogP contribution in [0.3, 0.4) is 0 Å². The fourth-order valence-electron chi connectivity index (χ4n) is 1.43. The van der Waals surface area contributed by atoms with E-state index < -0.39 is 40.9 Å². The zero-order valence-corrected chi connectivity index (χ0v) is 8.84. The van der Waals surface area contributed by atoms with Gasteiger partial charge in [0.2, 0.25) is 0 Å². The summed E-state index contributed by atoms with van der Waals surface area (Å²) >= 11 is 0. The molecule has 1 saturated heterocycles. The van der Waals surface area contributed by atoms with Gasteiger partial charge in [0.05, 0.1) is 0 Å². The summed E-state index contributed by atoms with van der Waals surface area (Å²) in [6.45, 7) is 0. The Morgan fingerprint density at radius 2 is 1.00 bits per heavy atom. The lowest BCUT2D eigenvalue weighted by Gasteiger charge is -2.35. The van der Waals surface area contributed by atoms with E-state index in [0.717, 1.165) is 0 Å². The van der Waals surface area contributed by atoms with Crippen LogP contribution in [0.25, 0.3) is 0 Å². The molecule has 1 unspecified atom stereocenters. The summed E-state index contributed by atoms with van der Waals surface area (Å²) in [6, 6.07) is -14.1. The van der Waals surface area contributed by atoms with Crippen LogP contribution in [0.15, 0.2) is 5.18 Å². The average Bonchev–Trinajstić information content (AvgIpc) is 2.31. The molecule has 0 bridgehead atoms. The standard InChI is InChI=1S/C6F12N2O/c7-1(8)2(9,10)5(16,17)20(4(1,14)15)6(18,19-21)3(11,12)13. The quantitative estimate of drug-likeness (QED) is 0.435. The molecule has 1 aliphatic heterocycles. The smallest absolute Gasteiger partial charge is 0.191 e. The van der Waals surface area contributed by atoms with E-state index in [4.69, 9.17) is 0 Å². The van der Waals surface area contributed by atoms with Gasteiger partial charge in [-0.3, -0.25) is 0 Å². The zero-order valence-electron chi connectivity index (χ0n) is 8.84. The minimum absolute atomic E-state index is 0.253. The van der Waals surface area contributed by atoms with Crippen LogP contribution in [0.2, 0.25) is 0 Å². The first-order valence-electron chi connectivity index (χ1n) is 4.34. The van der Waals surface area contributed by atoms with Gasteiger partial charge in [-0.25, -0.2) is 0 Å². The monoisotopic (exact) mass is 344 g/mol. The summed E-state index contributed by atoms with van der Waals surface area (Å²) in [6.07, 6.45) is -7.03. The molecule has 1 fully saturated rings. The van der Waals surface area contributed by atoms with E-state index in [1.165, 1.54) is 0 Å². The van der Waals surface area contributed by atoms with Gasteiger partial charge in [0.25, 0.3) is 0 Å². The minimum atomic E-state index is -7.11. The molecule has 15 heteroatoms. The van der Waals surface area contributed by atoms with Crippen LogP contribution >= 0.6 is 0 Å². The van der Waals surface area contributed by atoms with Gasteiger partial charge in [0, 0.05) is 0 Å². The third-order valence-electron chi connectivity index (χ3n) is 2.49. The summed E-state index contributed by atoms with van der Waals surface area (Å²) in [5.74, 6) is -20.9. The average molecular weight is 344 g/mol. The van der Waals surface area contributed by atoms with E-state index in [0.29, 0.717) is 0 Å². The van der Waals surface area contributed by atoms with Crippen LogP contribution < -0.4 is 0 Å². The topological polar surface area (TPSA) is 32.7 Å². The molecule has 0 radical (unpaired) electrons. The molecule has 1 aliphatic rings. The highest BCUT2D eigenvalue weighted by atomic mass is 19.4. The molecule has 0 aliphatic carbocycles. The van der Waals surface area contributed by atoms with Crippen LogP contribution in [0.4, 0.5) is 52.7 Å². The van der Waals surface area contributed by atoms with Crippen LogP contribution in [-0.4, -0.2) is 40.9 Å². The normalized spacial score (nSPS) is 29.9. The molecule has 0 aromatic rings. The molecule has 0 spiro atoms. The molecule has 0 aromatic heterocycles. The van der Waals surface area contributed by atoms with Crippen molar-refractivity contribution in [2.24, 2.45) is 5.18 Å². The van der Waals surface area contributed by atoms with Crippen molar-refractivity contribution in [2.45, 2.75) is 36.0 Å². The molecule has 0 aromatic carbocycles. The second-order valence-corrected chi connectivity index (χ2v) is 3.74. The summed E-state index contributed by atoms with van der Waals surface area (Å²) in [7, 11) is 0. The molecule has 3 nitrogen and oxygen atoms in total. The number of alkyl halides is 12. The van der Waals surface area contributed by atoms with Crippen molar-refractivity contribution < 1.29 is 52.7 Å². The molecular formula is C6F12N2O. The van der Waals surface area contributed by atoms with Crippen molar-refractivity contribution in [3.63, 3.8) is 0 Å². The number of rotatable bonds is 2. The summed E-state index contributed by atoms with van der Waals surface area (Å²) in [4.78, 5) is 6.15. The van der Waals surface area contributed by atoms with Gasteiger partial charge in [-0.1, -0.05) is 0 Å². The maximum atomic E-state index is 13.1. The number of nitrogens with zero attached hydrogens (tertiary/aromatic N) is 2. The summed E-state index contributed by atoms with van der Waals surface area (Å²) in [5, 5.41) is 0.253. The molecule has 21 heavy (non-hydrogen) atoms. The summed E-state index contributed by atoms with van der Waals surface area (Å²) in [5.41, 5.74) is 0. The van der Waals surface area contributed by atoms with Crippen LogP contribution in [0, 0.1) is 4.91 Å². The highest BCUT2D eigenvalue weighted by molar-refractivity contribution is 5.15. The molecule has 0 N–H and O–H groups in total. The van der Waals surface area contributed by atoms with Crippen molar-refractivity contribution in [1.82, 2.24) is 4.90 Å². The van der Waals surface area contributed by atoms with E-state index in [9.17, 15) is 57.6 Å². The van der Waals surface area contributed by atoms with E-state index in [1.54, 1.807) is 0 Å².